The van der Waals surface area contributed by atoms with Gasteiger partial charge in [-0.3, -0.25) is 9.36 Å². The Hall–Kier alpha value is -2.83. The van der Waals surface area contributed by atoms with Gasteiger partial charge in [-0.15, -0.1) is 11.3 Å². The zero-order valence-electron chi connectivity index (χ0n) is 18.6. The van der Waals surface area contributed by atoms with Crippen molar-refractivity contribution < 1.29 is 17.0 Å². The van der Waals surface area contributed by atoms with Crippen molar-refractivity contribution in [2.75, 3.05) is 11.9 Å². The number of nitrogens with zero attached hydrogens (tertiary/aromatic N) is 4. The SMILES string of the molecule is [C-]#[N+]c1ccc2c(c1)S/C(=c1/s/c(=C\c3scc[n+]3Cc3ccccc3)n(CC)c1=O)N2C.[Cl-]. The molecule has 0 radical (unpaired) electrons. The highest BCUT2D eigenvalue weighted by molar-refractivity contribution is 8.08. The van der Waals surface area contributed by atoms with E-state index in [1.54, 1.807) is 23.1 Å². The summed E-state index contributed by atoms with van der Waals surface area (Å²) in [6, 6.07) is 16.1. The number of fused-ring (bicyclic) bond motifs is 1. The first-order valence-corrected chi connectivity index (χ1v) is 13.0. The van der Waals surface area contributed by atoms with Gasteiger partial charge in [-0.1, -0.05) is 59.5 Å². The smallest absolute Gasteiger partial charge is 0.271 e. The Balaban J connectivity index is 0.00000274. The summed E-state index contributed by atoms with van der Waals surface area (Å²) in [5.41, 5.74) is 2.92. The average molecular weight is 525 g/mol. The molecule has 2 aromatic heterocycles. The van der Waals surface area contributed by atoms with E-state index in [1.165, 1.54) is 16.9 Å². The zero-order chi connectivity index (χ0) is 22.9. The maximum absolute atomic E-state index is 13.4. The Kier molecular flexibility index (Phi) is 7.29. The van der Waals surface area contributed by atoms with Crippen LogP contribution in [-0.2, 0) is 13.1 Å². The molecule has 0 saturated heterocycles. The van der Waals surface area contributed by atoms with Crippen molar-refractivity contribution in [2.24, 2.45) is 0 Å². The number of anilines is 1. The zero-order valence-corrected chi connectivity index (χ0v) is 21.8. The van der Waals surface area contributed by atoms with Crippen LogP contribution in [0, 0.1) is 6.57 Å². The molecular formula is C25H21ClN4OS3. The van der Waals surface area contributed by atoms with E-state index in [0.717, 1.165) is 36.4 Å². The van der Waals surface area contributed by atoms with E-state index in [4.69, 9.17) is 6.57 Å². The number of thioether (sulfide) groups is 1. The summed E-state index contributed by atoms with van der Waals surface area (Å²) < 4.78 is 5.75. The van der Waals surface area contributed by atoms with E-state index < -0.39 is 0 Å². The van der Waals surface area contributed by atoms with Crippen LogP contribution in [0.1, 0.15) is 17.5 Å². The van der Waals surface area contributed by atoms with E-state index in [-0.39, 0.29) is 18.0 Å². The summed E-state index contributed by atoms with van der Waals surface area (Å²) in [5, 5.41) is 4.11. The lowest BCUT2D eigenvalue weighted by atomic mass is 10.2. The Bertz CT molecular complexity index is 1560. The molecule has 0 bridgehead atoms. The van der Waals surface area contributed by atoms with Crippen LogP contribution in [-0.4, -0.2) is 11.6 Å². The fourth-order valence-corrected chi connectivity index (χ4v) is 7.18. The van der Waals surface area contributed by atoms with Gasteiger partial charge in [0.05, 0.1) is 23.7 Å². The fraction of sp³-hybridized carbons (Fsp3) is 0.160. The number of hydrogen-bond acceptors (Lipinski definition) is 5. The molecule has 172 valence electrons. The molecule has 4 aromatic rings. The van der Waals surface area contributed by atoms with Crippen LogP contribution in [0.4, 0.5) is 11.4 Å². The number of rotatable bonds is 4. The van der Waals surface area contributed by atoms with Gasteiger partial charge in [-0.05, 0) is 19.1 Å². The molecule has 34 heavy (non-hydrogen) atoms. The Morgan fingerprint density at radius 3 is 2.71 bits per heavy atom. The molecule has 3 heterocycles. The van der Waals surface area contributed by atoms with Crippen molar-refractivity contribution in [3.8, 4) is 0 Å². The van der Waals surface area contributed by atoms with Gasteiger partial charge in [0.2, 0.25) is 0 Å². The van der Waals surface area contributed by atoms with E-state index in [9.17, 15) is 4.79 Å². The first-order valence-electron chi connectivity index (χ1n) is 10.5. The molecule has 0 saturated carbocycles. The maximum atomic E-state index is 13.4. The molecule has 0 atom stereocenters. The first-order chi connectivity index (χ1) is 16.1. The minimum absolute atomic E-state index is 0. The monoisotopic (exact) mass is 524 g/mol. The largest absolute Gasteiger partial charge is 1.00 e. The van der Waals surface area contributed by atoms with Gasteiger partial charge < -0.3 is 17.3 Å². The lowest BCUT2D eigenvalue weighted by Gasteiger charge is -2.12. The van der Waals surface area contributed by atoms with Crippen molar-refractivity contribution in [3.05, 3.63) is 102 Å². The normalized spacial score (nSPS) is 14.6. The lowest BCUT2D eigenvalue weighted by Crippen LogP contribution is -3.00. The number of aromatic nitrogens is 2. The van der Waals surface area contributed by atoms with Gasteiger partial charge in [0.15, 0.2) is 18.4 Å². The summed E-state index contributed by atoms with van der Waals surface area (Å²) in [4.78, 5) is 20.0. The molecule has 1 aliphatic rings. The summed E-state index contributed by atoms with van der Waals surface area (Å²) in [7, 11) is 1.98. The van der Waals surface area contributed by atoms with Gasteiger partial charge in [-0.2, -0.15) is 4.57 Å². The van der Waals surface area contributed by atoms with Gasteiger partial charge in [0.1, 0.15) is 14.2 Å². The van der Waals surface area contributed by atoms with E-state index in [1.807, 2.05) is 42.8 Å². The van der Waals surface area contributed by atoms with Gasteiger partial charge >= 0.3 is 0 Å². The Morgan fingerprint density at radius 1 is 1.18 bits per heavy atom. The molecule has 5 rings (SSSR count). The van der Waals surface area contributed by atoms with Crippen LogP contribution in [0.15, 0.2) is 69.8 Å². The fourth-order valence-electron chi connectivity index (χ4n) is 3.83. The molecule has 0 fully saturated rings. The molecule has 0 spiro atoms. The molecule has 0 N–H and O–H groups in total. The van der Waals surface area contributed by atoms with E-state index in [2.05, 4.69) is 56.2 Å². The predicted molar refractivity (Wildman–Crippen MR) is 137 cm³/mol. The summed E-state index contributed by atoms with van der Waals surface area (Å²) in [5.74, 6) is 0. The van der Waals surface area contributed by atoms with Crippen molar-refractivity contribution in [3.63, 3.8) is 0 Å². The van der Waals surface area contributed by atoms with Crippen LogP contribution >= 0.6 is 34.4 Å². The van der Waals surface area contributed by atoms with Crippen molar-refractivity contribution in [2.45, 2.75) is 24.9 Å². The molecule has 2 aromatic carbocycles. The summed E-state index contributed by atoms with van der Waals surface area (Å²) in [6.07, 6.45) is 4.21. The summed E-state index contributed by atoms with van der Waals surface area (Å²) in [6.45, 7) is 10.7. The van der Waals surface area contributed by atoms with Crippen LogP contribution in [0.2, 0.25) is 0 Å². The minimum atomic E-state index is 0. The Labute approximate surface area is 216 Å². The minimum Gasteiger partial charge on any atom is -1.00 e. The van der Waals surface area contributed by atoms with Crippen molar-refractivity contribution >= 4 is 56.9 Å². The third-order valence-corrected chi connectivity index (χ3v) is 8.84. The molecule has 0 aliphatic carbocycles. The molecule has 9 heteroatoms. The number of hydrogen-bond donors (Lipinski definition) is 0. The Morgan fingerprint density at radius 2 is 1.97 bits per heavy atom. The van der Waals surface area contributed by atoms with Crippen molar-refractivity contribution in [1.29, 1.82) is 0 Å². The number of halogens is 1. The molecule has 0 unspecified atom stereocenters. The highest BCUT2D eigenvalue weighted by atomic mass is 35.5. The maximum Gasteiger partial charge on any atom is 0.271 e. The summed E-state index contributed by atoms with van der Waals surface area (Å²) >= 11 is 4.77. The second-order valence-corrected chi connectivity index (χ2v) is 10.5. The third kappa shape index (κ3) is 4.44. The quantitative estimate of drug-likeness (QED) is 0.295. The van der Waals surface area contributed by atoms with E-state index >= 15 is 0 Å². The number of benzene rings is 2. The topological polar surface area (TPSA) is 33.5 Å². The van der Waals surface area contributed by atoms with Crippen LogP contribution in [0.3, 0.4) is 0 Å². The molecule has 1 aliphatic heterocycles. The van der Waals surface area contributed by atoms with Gasteiger partial charge in [0, 0.05) is 24.1 Å². The third-order valence-electron chi connectivity index (χ3n) is 5.52. The van der Waals surface area contributed by atoms with E-state index in [0.29, 0.717) is 12.2 Å². The standard InChI is InChI=1S/C25H21N4OS3.ClH/c1-4-29-22(15-21-28(12-13-31-21)16-17-8-6-5-7-9-17)33-23(24(29)30)25-27(3)19-11-10-18(26-2)14-20(19)32-25;/h5-15H,4,16H2,1,3H3;1H/q+1;/p-1/b25-23+;. The molecule has 0 amide bonds. The lowest BCUT2D eigenvalue weighted by molar-refractivity contribution is -0.685. The van der Waals surface area contributed by atoms with Crippen LogP contribution < -0.4 is 36.6 Å². The molecular weight excluding hydrogens is 504 g/mol. The number of thiazole rings is 2. The van der Waals surface area contributed by atoms with Crippen LogP contribution in [0.5, 0.6) is 0 Å². The second-order valence-electron chi connectivity index (χ2n) is 7.55. The van der Waals surface area contributed by atoms with Crippen LogP contribution in [0.25, 0.3) is 16.0 Å². The first kappa shape index (κ1) is 24.3. The van der Waals surface area contributed by atoms with Crippen molar-refractivity contribution in [1.82, 2.24) is 4.57 Å². The predicted octanol–water partition coefficient (Wildman–Crippen LogP) is 1.02. The average Bonchev–Trinajstić information content (AvgIpc) is 3.50. The highest BCUT2D eigenvalue weighted by Crippen LogP contribution is 2.46. The van der Waals surface area contributed by atoms with Gasteiger partial charge in [0.25, 0.3) is 10.6 Å². The highest BCUT2D eigenvalue weighted by Gasteiger charge is 2.25. The van der Waals surface area contributed by atoms with Gasteiger partial charge in [-0.25, -0.2) is 4.85 Å². The second kappa shape index (κ2) is 10.2. The molecule has 5 nitrogen and oxygen atoms in total.